The van der Waals surface area contributed by atoms with Gasteiger partial charge >= 0.3 is 0 Å². The Morgan fingerprint density at radius 2 is 1.71 bits per heavy atom. The summed E-state index contributed by atoms with van der Waals surface area (Å²) >= 11 is 0. The van der Waals surface area contributed by atoms with E-state index in [1.807, 2.05) is 6.07 Å². The van der Waals surface area contributed by atoms with Gasteiger partial charge in [0.05, 0.1) is 18.8 Å². The summed E-state index contributed by atoms with van der Waals surface area (Å²) in [4.78, 5) is 0. The highest BCUT2D eigenvalue weighted by Gasteiger charge is 2.14. The van der Waals surface area contributed by atoms with Gasteiger partial charge in [-0.15, -0.1) is 5.10 Å². The maximum atomic E-state index is 6.20. The van der Waals surface area contributed by atoms with Crippen molar-refractivity contribution in [1.29, 1.82) is 0 Å². The monoisotopic (exact) mass is 285 g/mol. The molecule has 0 saturated carbocycles. The van der Waals surface area contributed by atoms with Crippen LogP contribution in [0, 0.1) is 0 Å². The molecule has 4 heteroatoms. The van der Waals surface area contributed by atoms with Gasteiger partial charge in [0.2, 0.25) is 5.88 Å². The highest BCUT2D eigenvalue weighted by molar-refractivity contribution is 5.28. The molecule has 0 bridgehead atoms. The molecule has 0 amide bonds. The van der Waals surface area contributed by atoms with E-state index >= 15 is 0 Å². The topological polar surface area (TPSA) is 61.0 Å². The van der Waals surface area contributed by atoms with E-state index in [9.17, 15) is 0 Å². The zero-order valence-corrected chi connectivity index (χ0v) is 13.1. The van der Waals surface area contributed by atoms with Gasteiger partial charge in [-0.1, -0.05) is 45.0 Å². The van der Waals surface area contributed by atoms with Crippen LogP contribution in [-0.2, 0) is 11.8 Å². The summed E-state index contributed by atoms with van der Waals surface area (Å²) in [6, 6.07) is 12.1. The van der Waals surface area contributed by atoms with Crippen LogP contribution in [0.2, 0.25) is 0 Å². The van der Waals surface area contributed by atoms with Crippen molar-refractivity contribution in [2.75, 3.05) is 7.11 Å². The zero-order valence-electron chi connectivity index (χ0n) is 13.1. The smallest absolute Gasteiger partial charge is 0.233 e. The Kier molecular flexibility index (Phi) is 4.58. The van der Waals surface area contributed by atoms with Crippen LogP contribution in [0.15, 0.2) is 36.4 Å². The van der Waals surface area contributed by atoms with Crippen LogP contribution in [0.5, 0.6) is 5.88 Å². The van der Waals surface area contributed by atoms with E-state index < -0.39 is 0 Å². The molecule has 1 atom stereocenters. The van der Waals surface area contributed by atoms with Gasteiger partial charge in [-0.3, -0.25) is 0 Å². The van der Waals surface area contributed by atoms with Gasteiger partial charge in [0.25, 0.3) is 0 Å². The molecular weight excluding hydrogens is 262 g/mol. The molecule has 4 nitrogen and oxygen atoms in total. The van der Waals surface area contributed by atoms with Crippen molar-refractivity contribution >= 4 is 0 Å². The van der Waals surface area contributed by atoms with Crippen LogP contribution in [0.25, 0.3) is 0 Å². The van der Waals surface area contributed by atoms with E-state index in [0.717, 1.165) is 12.1 Å². The van der Waals surface area contributed by atoms with Crippen LogP contribution in [0.1, 0.15) is 43.6 Å². The third-order valence-electron chi connectivity index (χ3n) is 3.53. The highest BCUT2D eigenvalue weighted by atomic mass is 16.5. The lowest BCUT2D eigenvalue weighted by Gasteiger charge is -2.19. The average molecular weight is 285 g/mol. The van der Waals surface area contributed by atoms with Crippen molar-refractivity contribution in [1.82, 2.24) is 10.2 Å². The number of aromatic nitrogens is 2. The van der Waals surface area contributed by atoms with Crippen molar-refractivity contribution in [3.05, 3.63) is 53.2 Å². The van der Waals surface area contributed by atoms with E-state index in [-0.39, 0.29) is 11.5 Å². The summed E-state index contributed by atoms with van der Waals surface area (Å²) in [5.74, 6) is 0.500. The minimum Gasteiger partial charge on any atom is -0.480 e. The Labute approximate surface area is 126 Å². The number of ether oxygens (including phenoxy) is 1. The molecule has 1 aromatic carbocycles. The SMILES string of the molecule is COc1ccc(C(N)Cc2ccc(C(C)(C)C)cc2)nn1. The Bertz CT molecular complexity index is 570. The van der Waals surface area contributed by atoms with E-state index in [0.29, 0.717) is 5.88 Å². The second-order valence-electron chi connectivity index (χ2n) is 6.26. The van der Waals surface area contributed by atoms with E-state index in [1.54, 1.807) is 13.2 Å². The molecule has 0 aliphatic carbocycles. The minimum absolute atomic E-state index is 0.163. The molecule has 0 saturated heterocycles. The number of hydrogen-bond donors (Lipinski definition) is 1. The number of methoxy groups -OCH3 is 1. The van der Waals surface area contributed by atoms with Crippen LogP contribution >= 0.6 is 0 Å². The predicted molar refractivity (Wildman–Crippen MR) is 84.4 cm³/mol. The molecule has 1 heterocycles. The van der Waals surface area contributed by atoms with Crippen molar-refractivity contribution in [2.24, 2.45) is 5.73 Å². The predicted octanol–water partition coefficient (Wildman–Crippen LogP) is 3.03. The first-order valence-electron chi connectivity index (χ1n) is 7.13. The Morgan fingerprint density at radius 1 is 1.05 bits per heavy atom. The third kappa shape index (κ3) is 4.02. The number of nitrogens with two attached hydrogens (primary N) is 1. The molecular formula is C17H23N3O. The summed E-state index contributed by atoms with van der Waals surface area (Å²) in [7, 11) is 1.57. The number of rotatable bonds is 4. The quantitative estimate of drug-likeness (QED) is 0.938. The second kappa shape index (κ2) is 6.22. The van der Waals surface area contributed by atoms with Gasteiger partial charge in [0.15, 0.2) is 0 Å². The maximum absolute atomic E-state index is 6.20. The van der Waals surface area contributed by atoms with Crippen molar-refractivity contribution in [3.63, 3.8) is 0 Å². The van der Waals surface area contributed by atoms with Crippen molar-refractivity contribution < 1.29 is 4.74 Å². The van der Waals surface area contributed by atoms with Crippen LogP contribution < -0.4 is 10.5 Å². The van der Waals surface area contributed by atoms with Crippen LogP contribution in [-0.4, -0.2) is 17.3 Å². The zero-order chi connectivity index (χ0) is 15.5. The fraction of sp³-hybridized carbons (Fsp3) is 0.412. The summed E-state index contributed by atoms with van der Waals surface area (Å²) in [5.41, 5.74) is 9.67. The number of nitrogens with zero attached hydrogens (tertiary/aromatic N) is 2. The highest BCUT2D eigenvalue weighted by Crippen LogP contribution is 2.23. The largest absolute Gasteiger partial charge is 0.480 e. The van der Waals surface area contributed by atoms with E-state index in [4.69, 9.17) is 10.5 Å². The molecule has 0 spiro atoms. The molecule has 21 heavy (non-hydrogen) atoms. The first-order valence-corrected chi connectivity index (χ1v) is 7.13. The fourth-order valence-electron chi connectivity index (χ4n) is 2.14. The van der Waals surface area contributed by atoms with Gasteiger partial charge in [0, 0.05) is 6.07 Å². The molecule has 0 fully saturated rings. The Hall–Kier alpha value is -1.94. The molecule has 1 aromatic heterocycles. The first kappa shape index (κ1) is 15.4. The standard InChI is InChI=1S/C17H23N3O/c1-17(2,3)13-7-5-12(6-8-13)11-14(18)15-9-10-16(21-4)20-19-15/h5-10,14H,11,18H2,1-4H3. The molecule has 112 valence electrons. The van der Waals surface area contributed by atoms with Gasteiger partial charge < -0.3 is 10.5 Å². The van der Waals surface area contributed by atoms with Gasteiger partial charge in [-0.25, -0.2) is 0 Å². The fourth-order valence-corrected chi connectivity index (χ4v) is 2.14. The molecule has 0 aliphatic rings. The second-order valence-corrected chi connectivity index (χ2v) is 6.26. The first-order chi connectivity index (χ1) is 9.90. The summed E-state index contributed by atoms with van der Waals surface area (Å²) in [5, 5.41) is 8.06. The number of benzene rings is 1. The third-order valence-corrected chi connectivity index (χ3v) is 3.53. The lowest BCUT2D eigenvalue weighted by molar-refractivity contribution is 0.390. The molecule has 1 unspecified atom stereocenters. The van der Waals surface area contributed by atoms with Gasteiger partial charge in [-0.2, -0.15) is 5.10 Å². The molecule has 2 rings (SSSR count). The van der Waals surface area contributed by atoms with Crippen LogP contribution in [0.4, 0.5) is 0 Å². The maximum Gasteiger partial charge on any atom is 0.233 e. The molecule has 2 N–H and O–H groups in total. The van der Waals surface area contributed by atoms with E-state index in [1.165, 1.54) is 11.1 Å². The molecule has 0 radical (unpaired) electrons. The van der Waals surface area contributed by atoms with E-state index in [2.05, 4.69) is 55.2 Å². The Morgan fingerprint density at radius 3 is 2.19 bits per heavy atom. The lowest BCUT2D eigenvalue weighted by atomic mass is 9.86. The van der Waals surface area contributed by atoms with Gasteiger partial charge in [-0.05, 0) is 29.0 Å². The van der Waals surface area contributed by atoms with Crippen molar-refractivity contribution in [3.8, 4) is 5.88 Å². The summed E-state index contributed by atoms with van der Waals surface area (Å²) in [6.45, 7) is 6.63. The average Bonchev–Trinajstić information content (AvgIpc) is 2.47. The van der Waals surface area contributed by atoms with Gasteiger partial charge in [0.1, 0.15) is 0 Å². The summed E-state index contributed by atoms with van der Waals surface area (Å²) < 4.78 is 5.00. The molecule has 2 aromatic rings. The minimum atomic E-state index is -0.163. The summed E-state index contributed by atoms with van der Waals surface area (Å²) in [6.07, 6.45) is 0.741. The normalized spacial score (nSPS) is 13.0. The number of hydrogen-bond acceptors (Lipinski definition) is 4. The van der Waals surface area contributed by atoms with Crippen molar-refractivity contribution in [2.45, 2.75) is 38.6 Å². The lowest BCUT2D eigenvalue weighted by Crippen LogP contribution is -2.16. The van der Waals surface area contributed by atoms with Crippen LogP contribution in [0.3, 0.4) is 0 Å². The molecule has 0 aliphatic heterocycles. The Balaban J connectivity index is 2.06.